The summed E-state index contributed by atoms with van der Waals surface area (Å²) in [4.78, 5) is 16.5. The molecule has 2 heterocycles. The van der Waals surface area contributed by atoms with Crippen molar-refractivity contribution in [2.75, 3.05) is 12.3 Å². The second kappa shape index (κ2) is 4.94. The lowest BCUT2D eigenvalue weighted by atomic mass is 9.98. The lowest BCUT2D eigenvalue weighted by Gasteiger charge is -2.29. The molecule has 1 aliphatic rings. The molecule has 1 aliphatic heterocycles. The van der Waals surface area contributed by atoms with E-state index in [2.05, 4.69) is 19.9 Å². The third kappa shape index (κ3) is 2.20. The van der Waals surface area contributed by atoms with Gasteiger partial charge >= 0.3 is 0 Å². The molecule has 0 spiro atoms. The highest BCUT2D eigenvalue weighted by atomic mass is 32.1. The average molecular weight is 286 g/mol. The van der Waals surface area contributed by atoms with Gasteiger partial charge in [0.15, 0.2) is 0 Å². The summed E-state index contributed by atoms with van der Waals surface area (Å²) in [6.07, 6.45) is 0.844. The van der Waals surface area contributed by atoms with E-state index in [0.29, 0.717) is 6.54 Å². The van der Waals surface area contributed by atoms with Crippen LogP contribution in [0.3, 0.4) is 0 Å². The Bertz CT molecular complexity index is 656. The highest BCUT2D eigenvalue weighted by molar-refractivity contribution is 7.14. The molecule has 0 aliphatic carbocycles. The van der Waals surface area contributed by atoms with Crippen LogP contribution in [0.5, 0.6) is 0 Å². The normalized spacial score (nSPS) is 14.2. The topological polar surface area (TPSA) is 46.3 Å². The number of hydrogen-bond acceptors (Lipinski definition) is 3. The maximum Gasteiger partial charge on any atom is 0.264 e. The van der Waals surface area contributed by atoms with Crippen molar-refractivity contribution in [3.05, 3.63) is 50.7 Å². The number of hydrogen-bond donors (Lipinski definition) is 1. The molecule has 3 rings (SSSR count). The standard InChI is InChI=1S/C16H18N2OS/c1-10-8-15(20-11(10)2)16(19)18-7-6-13-12(9-18)4-3-5-14(13)17/h3-5,8H,6-7,9,17H2,1-2H3. The minimum Gasteiger partial charge on any atom is -0.398 e. The first-order chi connectivity index (χ1) is 9.56. The molecule has 0 saturated heterocycles. The molecule has 2 N–H and O–H groups in total. The number of anilines is 1. The number of amides is 1. The van der Waals surface area contributed by atoms with Crippen molar-refractivity contribution in [2.24, 2.45) is 0 Å². The molecular weight excluding hydrogens is 268 g/mol. The summed E-state index contributed by atoms with van der Waals surface area (Å²) in [5.41, 5.74) is 10.4. The molecule has 1 amide bonds. The largest absolute Gasteiger partial charge is 0.398 e. The van der Waals surface area contributed by atoms with Crippen molar-refractivity contribution >= 4 is 22.9 Å². The fraction of sp³-hybridized carbons (Fsp3) is 0.312. The Morgan fingerprint density at radius 2 is 2.15 bits per heavy atom. The van der Waals surface area contributed by atoms with Crippen LogP contribution < -0.4 is 5.73 Å². The summed E-state index contributed by atoms with van der Waals surface area (Å²) < 4.78 is 0. The van der Waals surface area contributed by atoms with Crippen LogP contribution in [-0.4, -0.2) is 17.4 Å². The molecule has 0 fully saturated rings. The molecule has 1 aromatic heterocycles. The number of fused-ring (bicyclic) bond motifs is 1. The van der Waals surface area contributed by atoms with E-state index in [-0.39, 0.29) is 5.91 Å². The quantitative estimate of drug-likeness (QED) is 0.819. The third-order valence-corrected chi connectivity index (χ3v) is 5.11. The molecule has 0 bridgehead atoms. The van der Waals surface area contributed by atoms with Crippen molar-refractivity contribution in [3.8, 4) is 0 Å². The maximum atomic E-state index is 12.6. The highest BCUT2D eigenvalue weighted by Crippen LogP contribution is 2.27. The maximum absolute atomic E-state index is 12.6. The highest BCUT2D eigenvalue weighted by Gasteiger charge is 2.24. The van der Waals surface area contributed by atoms with Gasteiger partial charge in [-0.25, -0.2) is 0 Å². The number of nitrogen functional groups attached to an aromatic ring is 1. The molecule has 0 unspecified atom stereocenters. The van der Waals surface area contributed by atoms with Crippen LogP contribution in [0.15, 0.2) is 24.3 Å². The second-order valence-corrected chi connectivity index (χ2v) is 6.57. The van der Waals surface area contributed by atoms with Crippen LogP contribution in [0, 0.1) is 13.8 Å². The Morgan fingerprint density at radius 3 is 2.85 bits per heavy atom. The number of carbonyl (C=O) groups excluding carboxylic acids is 1. The minimum atomic E-state index is 0.138. The van der Waals surface area contributed by atoms with Crippen LogP contribution in [0.25, 0.3) is 0 Å². The van der Waals surface area contributed by atoms with E-state index >= 15 is 0 Å². The SMILES string of the molecule is Cc1cc(C(=O)N2CCc3c(N)cccc3C2)sc1C. The van der Waals surface area contributed by atoms with Crippen LogP contribution >= 0.6 is 11.3 Å². The van der Waals surface area contributed by atoms with Gasteiger partial charge in [0.25, 0.3) is 5.91 Å². The zero-order chi connectivity index (χ0) is 14.3. The van der Waals surface area contributed by atoms with E-state index in [1.54, 1.807) is 11.3 Å². The molecule has 20 heavy (non-hydrogen) atoms. The summed E-state index contributed by atoms with van der Waals surface area (Å²) in [6.45, 7) is 5.52. The van der Waals surface area contributed by atoms with E-state index in [1.807, 2.05) is 23.1 Å². The number of nitrogens with two attached hydrogens (primary N) is 1. The molecule has 0 atom stereocenters. The van der Waals surface area contributed by atoms with Crippen molar-refractivity contribution in [1.29, 1.82) is 0 Å². The summed E-state index contributed by atoms with van der Waals surface area (Å²) in [5.74, 6) is 0.138. The number of thiophene rings is 1. The van der Waals surface area contributed by atoms with Crippen molar-refractivity contribution < 1.29 is 4.79 Å². The number of carbonyl (C=O) groups is 1. The van der Waals surface area contributed by atoms with E-state index in [1.165, 1.54) is 21.6 Å². The van der Waals surface area contributed by atoms with Gasteiger partial charge < -0.3 is 10.6 Å². The summed E-state index contributed by atoms with van der Waals surface area (Å²) in [6, 6.07) is 7.96. The lowest BCUT2D eigenvalue weighted by molar-refractivity contribution is 0.0739. The van der Waals surface area contributed by atoms with E-state index in [0.717, 1.165) is 23.5 Å². The fourth-order valence-electron chi connectivity index (χ4n) is 2.65. The molecule has 1 aromatic carbocycles. The van der Waals surface area contributed by atoms with Crippen molar-refractivity contribution in [1.82, 2.24) is 4.90 Å². The van der Waals surface area contributed by atoms with Gasteiger partial charge in [-0.3, -0.25) is 4.79 Å². The molecular formula is C16H18N2OS. The Balaban J connectivity index is 1.85. The summed E-state index contributed by atoms with van der Waals surface area (Å²) in [7, 11) is 0. The van der Waals surface area contributed by atoms with Gasteiger partial charge in [0, 0.05) is 23.7 Å². The Hall–Kier alpha value is -1.81. The number of rotatable bonds is 1. The molecule has 0 radical (unpaired) electrons. The van der Waals surface area contributed by atoms with Crippen LogP contribution in [0.2, 0.25) is 0 Å². The van der Waals surface area contributed by atoms with Crippen LogP contribution in [-0.2, 0) is 13.0 Å². The van der Waals surface area contributed by atoms with E-state index < -0.39 is 0 Å². The van der Waals surface area contributed by atoms with Gasteiger partial charge in [-0.15, -0.1) is 11.3 Å². The van der Waals surface area contributed by atoms with E-state index in [4.69, 9.17) is 5.73 Å². The monoisotopic (exact) mass is 286 g/mol. The molecule has 4 heteroatoms. The zero-order valence-corrected chi connectivity index (χ0v) is 12.6. The average Bonchev–Trinajstić information content (AvgIpc) is 2.78. The van der Waals surface area contributed by atoms with Crippen molar-refractivity contribution in [2.45, 2.75) is 26.8 Å². The van der Waals surface area contributed by atoms with Gasteiger partial charge in [0.05, 0.1) is 4.88 Å². The number of nitrogens with zero attached hydrogens (tertiary/aromatic N) is 1. The first-order valence-electron chi connectivity index (χ1n) is 6.79. The molecule has 2 aromatic rings. The Kier molecular flexibility index (Phi) is 3.26. The van der Waals surface area contributed by atoms with Gasteiger partial charge in [0.2, 0.25) is 0 Å². The summed E-state index contributed by atoms with van der Waals surface area (Å²) in [5, 5.41) is 0. The van der Waals surface area contributed by atoms with Gasteiger partial charge in [0.1, 0.15) is 0 Å². The minimum absolute atomic E-state index is 0.138. The molecule has 104 valence electrons. The Morgan fingerprint density at radius 1 is 1.35 bits per heavy atom. The summed E-state index contributed by atoms with van der Waals surface area (Å²) >= 11 is 1.58. The molecule has 0 saturated carbocycles. The molecule has 3 nitrogen and oxygen atoms in total. The Labute approximate surface area is 123 Å². The van der Waals surface area contributed by atoms with Crippen LogP contribution in [0.4, 0.5) is 5.69 Å². The van der Waals surface area contributed by atoms with Gasteiger partial charge in [-0.1, -0.05) is 12.1 Å². The predicted octanol–water partition coefficient (Wildman–Crippen LogP) is 3.15. The number of aryl methyl sites for hydroxylation is 2. The van der Waals surface area contributed by atoms with Gasteiger partial charge in [-0.05, 0) is 49.1 Å². The first-order valence-corrected chi connectivity index (χ1v) is 7.60. The van der Waals surface area contributed by atoms with Gasteiger partial charge in [-0.2, -0.15) is 0 Å². The zero-order valence-electron chi connectivity index (χ0n) is 11.8. The van der Waals surface area contributed by atoms with E-state index in [9.17, 15) is 4.79 Å². The number of benzene rings is 1. The fourth-order valence-corrected chi connectivity index (χ4v) is 3.65. The van der Waals surface area contributed by atoms with Crippen LogP contribution in [0.1, 0.15) is 31.2 Å². The third-order valence-electron chi connectivity index (χ3n) is 3.97. The smallest absolute Gasteiger partial charge is 0.264 e. The predicted molar refractivity (Wildman–Crippen MR) is 83.1 cm³/mol. The van der Waals surface area contributed by atoms with Crippen molar-refractivity contribution in [3.63, 3.8) is 0 Å². The first kappa shape index (κ1) is 13.2. The lowest BCUT2D eigenvalue weighted by Crippen LogP contribution is -2.35. The second-order valence-electron chi connectivity index (χ2n) is 5.31.